The Morgan fingerprint density at radius 2 is 2.20 bits per heavy atom. The molecule has 1 aromatic carbocycles. The number of carbonyl (C=O) groups is 1. The molecule has 1 unspecified atom stereocenters. The molecule has 0 spiro atoms. The van der Waals surface area contributed by atoms with E-state index in [1.165, 1.54) is 0 Å². The molecule has 1 atom stereocenters. The summed E-state index contributed by atoms with van der Waals surface area (Å²) in [5, 5.41) is 12.1. The Morgan fingerprint density at radius 1 is 1.53 bits per heavy atom. The predicted molar refractivity (Wildman–Crippen MR) is 60.3 cm³/mol. The number of carboxylic acids is 1. The summed E-state index contributed by atoms with van der Waals surface area (Å²) in [4.78, 5) is 10.3. The number of carboxylic acid groups (broad SMARTS) is 1. The number of rotatable bonds is 5. The largest absolute Gasteiger partial charge is 0.480 e. The molecular weight excluding hydrogens is 214 g/mol. The Labute approximate surface area is 94.1 Å². The second-order valence-corrected chi connectivity index (χ2v) is 3.88. The van der Waals surface area contributed by atoms with Crippen molar-refractivity contribution in [2.75, 3.05) is 6.54 Å². The van der Waals surface area contributed by atoms with Crippen LogP contribution in [-0.4, -0.2) is 23.7 Å². The van der Waals surface area contributed by atoms with Crippen LogP contribution < -0.4 is 5.32 Å². The van der Waals surface area contributed by atoms with Gasteiger partial charge in [-0.15, -0.1) is 0 Å². The average molecular weight is 228 g/mol. The van der Waals surface area contributed by atoms with Crippen LogP contribution in [0.5, 0.6) is 0 Å². The standard InChI is InChI=1S/C11H14ClNO2/c1-8(13-7-11(14)15)6-9-4-2-3-5-10(9)12/h2-5,8,13H,6-7H2,1H3,(H,14,15). The van der Waals surface area contributed by atoms with E-state index in [2.05, 4.69) is 5.32 Å². The lowest BCUT2D eigenvalue weighted by Crippen LogP contribution is -2.32. The first kappa shape index (κ1) is 12.0. The number of hydrogen-bond donors (Lipinski definition) is 2. The molecule has 0 aliphatic carbocycles. The first-order valence-electron chi connectivity index (χ1n) is 4.78. The van der Waals surface area contributed by atoms with Gasteiger partial charge in [0.15, 0.2) is 0 Å². The first-order valence-corrected chi connectivity index (χ1v) is 5.16. The lowest BCUT2D eigenvalue weighted by molar-refractivity contribution is -0.136. The van der Waals surface area contributed by atoms with E-state index in [9.17, 15) is 4.79 Å². The van der Waals surface area contributed by atoms with Crippen LogP contribution in [-0.2, 0) is 11.2 Å². The van der Waals surface area contributed by atoms with Crippen LogP contribution in [0.25, 0.3) is 0 Å². The third kappa shape index (κ3) is 4.32. The van der Waals surface area contributed by atoms with Gasteiger partial charge in [-0.1, -0.05) is 29.8 Å². The molecule has 0 aliphatic heterocycles. The van der Waals surface area contributed by atoms with Crippen LogP contribution in [0.1, 0.15) is 12.5 Å². The third-order valence-electron chi connectivity index (χ3n) is 2.09. The fourth-order valence-corrected chi connectivity index (χ4v) is 1.54. The maximum Gasteiger partial charge on any atom is 0.317 e. The molecule has 2 N–H and O–H groups in total. The monoisotopic (exact) mass is 227 g/mol. The van der Waals surface area contributed by atoms with Crippen LogP contribution in [0, 0.1) is 0 Å². The fraction of sp³-hybridized carbons (Fsp3) is 0.364. The van der Waals surface area contributed by atoms with E-state index in [4.69, 9.17) is 16.7 Å². The highest BCUT2D eigenvalue weighted by Crippen LogP contribution is 2.16. The average Bonchev–Trinajstić information content (AvgIpc) is 2.18. The molecule has 1 rings (SSSR count). The van der Waals surface area contributed by atoms with Crippen molar-refractivity contribution in [3.8, 4) is 0 Å². The predicted octanol–water partition coefficient (Wildman–Crippen LogP) is 1.95. The van der Waals surface area contributed by atoms with Gasteiger partial charge < -0.3 is 10.4 Å². The minimum atomic E-state index is -0.846. The molecule has 0 bridgehead atoms. The first-order chi connectivity index (χ1) is 7.09. The summed E-state index contributed by atoms with van der Waals surface area (Å²) in [6.07, 6.45) is 0.729. The van der Waals surface area contributed by atoms with Crippen molar-refractivity contribution in [2.45, 2.75) is 19.4 Å². The van der Waals surface area contributed by atoms with E-state index >= 15 is 0 Å². The van der Waals surface area contributed by atoms with E-state index in [0.717, 1.165) is 17.0 Å². The van der Waals surface area contributed by atoms with Gasteiger partial charge in [0.2, 0.25) is 0 Å². The quantitative estimate of drug-likeness (QED) is 0.809. The van der Waals surface area contributed by atoms with E-state index in [1.54, 1.807) is 0 Å². The number of halogens is 1. The third-order valence-corrected chi connectivity index (χ3v) is 2.45. The van der Waals surface area contributed by atoms with Gasteiger partial charge in [-0.05, 0) is 25.0 Å². The smallest absolute Gasteiger partial charge is 0.317 e. The fourth-order valence-electron chi connectivity index (χ4n) is 1.33. The van der Waals surface area contributed by atoms with Gasteiger partial charge in [0.1, 0.15) is 0 Å². The molecule has 0 radical (unpaired) electrons. The summed E-state index contributed by atoms with van der Waals surface area (Å²) in [5.41, 5.74) is 1.03. The van der Waals surface area contributed by atoms with Crippen molar-refractivity contribution in [2.24, 2.45) is 0 Å². The number of aliphatic carboxylic acids is 1. The van der Waals surface area contributed by atoms with Crippen LogP contribution in [0.3, 0.4) is 0 Å². The Hall–Kier alpha value is -1.06. The minimum absolute atomic E-state index is 0.0222. The normalized spacial score (nSPS) is 12.4. The van der Waals surface area contributed by atoms with Gasteiger partial charge in [-0.2, -0.15) is 0 Å². The Morgan fingerprint density at radius 3 is 2.80 bits per heavy atom. The Kier molecular flexibility index (Phi) is 4.59. The SMILES string of the molecule is CC(Cc1ccccc1Cl)NCC(=O)O. The molecule has 0 fully saturated rings. The molecule has 0 aliphatic rings. The van der Waals surface area contributed by atoms with Crippen molar-refractivity contribution in [3.63, 3.8) is 0 Å². The zero-order valence-electron chi connectivity index (χ0n) is 8.53. The molecule has 0 saturated heterocycles. The zero-order valence-corrected chi connectivity index (χ0v) is 9.29. The summed E-state index contributed by atoms with van der Waals surface area (Å²) in [7, 11) is 0. The summed E-state index contributed by atoms with van der Waals surface area (Å²) < 4.78 is 0. The summed E-state index contributed by atoms with van der Waals surface area (Å²) in [6.45, 7) is 1.91. The zero-order chi connectivity index (χ0) is 11.3. The lowest BCUT2D eigenvalue weighted by atomic mass is 10.1. The second-order valence-electron chi connectivity index (χ2n) is 3.47. The van der Waals surface area contributed by atoms with Crippen LogP contribution in [0.4, 0.5) is 0 Å². The second kappa shape index (κ2) is 5.73. The van der Waals surface area contributed by atoms with Gasteiger partial charge in [0.25, 0.3) is 0 Å². The summed E-state index contributed by atoms with van der Waals surface area (Å²) in [5.74, 6) is -0.846. The molecule has 1 aromatic rings. The lowest BCUT2D eigenvalue weighted by Gasteiger charge is -2.12. The number of nitrogens with one attached hydrogen (secondary N) is 1. The van der Waals surface area contributed by atoms with E-state index < -0.39 is 5.97 Å². The molecule has 15 heavy (non-hydrogen) atoms. The van der Waals surface area contributed by atoms with Gasteiger partial charge in [0.05, 0.1) is 6.54 Å². The van der Waals surface area contributed by atoms with Gasteiger partial charge in [-0.3, -0.25) is 4.79 Å². The van der Waals surface area contributed by atoms with E-state index in [0.29, 0.717) is 0 Å². The van der Waals surface area contributed by atoms with E-state index in [1.807, 2.05) is 31.2 Å². The molecule has 3 nitrogen and oxygen atoms in total. The Balaban J connectivity index is 2.47. The maximum atomic E-state index is 10.3. The van der Waals surface area contributed by atoms with Crippen molar-refractivity contribution in [3.05, 3.63) is 34.9 Å². The van der Waals surface area contributed by atoms with E-state index in [-0.39, 0.29) is 12.6 Å². The van der Waals surface area contributed by atoms with Crippen LogP contribution >= 0.6 is 11.6 Å². The van der Waals surface area contributed by atoms with Crippen LogP contribution in [0.15, 0.2) is 24.3 Å². The number of hydrogen-bond acceptors (Lipinski definition) is 2. The van der Waals surface area contributed by atoms with Crippen molar-refractivity contribution < 1.29 is 9.90 Å². The number of benzene rings is 1. The van der Waals surface area contributed by atoms with Crippen LogP contribution in [0.2, 0.25) is 5.02 Å². The highest BCUT2D eigenvalue weighted by Gasteiger charge is 2.07. The molecule has 0 amide bonds. The molecule has 0 aromatic heterocycles. The summed E-state index contributed by atoms with van der Waals surface area (Å²) >= 11 is 5.99. The molecule has 82 valence electrons. The Bertz CT molecular complexity index is 341. The molecule has 0 saturated carbocycles. The highest BCUT2D eigenvalue weighted by atomic mass is 35.5. The summed E-state index contributed by atoms with van der Waals surface area (Å²) in [6, 6.07) is 7.68. The highest BCUT2D eigenvalue weighted by molar-refractivity contribution is 6.31. The molecule has 4 heteroatoms. The molecular formula is C11H14ClNO2. The van der Waals surface area contributed by atoms with Gasteiger partial charge in [-0.25, -0.2) is 0 Å². The maximum absolute atomic E-state index is 10.3. The van der Waals surface area contributed by atoms with Gasteiger partial charge in [0, 0.05) is 11.1 Å². The molecule has 0 heterocycles. The minimum Gasteiger partial charge on any atom is -0.480 e. The van der Waals surface area contributed by atoms with Crippen molar-refractivity contribution in [1.82, 2.24) is 5.32 Å². The topological polar surface area (TPSA) is 49.3 Å². The van der Waals surface area contributed by atoms with Gasteiger partial charge >= 0.3 is 5.97 Å². The van der Waals surface area contributed by atoms with Crippen molar-refractivity contribution in [1.29, 1.82) is 0 Å². The van der Waals surface area contributed by atoms with Crippen molar-refractivity contribution >= 4 is 17.6 Å².